The number of aliphatic hydroxyl groups is 1. The second-order valence-electron chi connectivity index (χ2n) is 6.32. The molecule has 1 aromatic carbocycles. The average molecular weight is 308 g/mol. The van der Waals surface area contributed by atoms with Crippen LogP contribution in [-0.4, -0.2) is 29.0 Å². The zero-order valence-electron chi connectivity index (χ0n) is 12.2. The van der Waals surface area contributed by atoms with E-state index in [1.807, 2.05) is 29.2 Å². The van der Waals surface area contributed by atoms with Crippen molar-refractivity contribution in [2.45, 2.75) is 44.1 Å². The van der Waals surface area contributed by atoms with Crippen LogP contribution >= 0.6 is 11.6 Å². The van der Waals surface area contributed by atoms with Crippen molar-refractivity contribution in [2.75, 3.05) is 13.1 Å². The predicted molar refractivity (Wildman–Crippen MR) is 83.1 cm³/mol. The van der Waals surface area contributed by atoms with Gasteiger partial charge in [-0.15, -0.1) is 0 Å². The van der Waals surface area contributed by atoms with E-state index in [9.17, 15) is 9.90 Å². The van der Waals surface area contributed by atoms with E-state index in [1.165, 1.54) is 12.8 Å². The molecule has 3 rings (SSSR count). The Kier molecular flexibility index (Phi) is 4.23. The van der Waals surface area contributed by atoms with Gasteiger partial charge in [-0.05, 0) is 31.7 Å². The summed E-state index contributed by atoms with van der Waals surface area (Å²) in [5, 5.41) is 11.5. The minimum atomic E-state index is -0.898. The second-order valence-corrected chi connectivity index (χ2v) is 6.73. The Balaban J connectivity index is 1.67. The Morgan fingerprint density at radius 2 is 1.81 bits per heavy atom. The van der Waals surface area contributed by atoms with Gasteiger partial charge >= 0.3 is 0 Å². The molecule has 0 radical (unpaired) electrons. The Labute approximate surface area is 130 Å². The molecule has 1 saturated carbocycles. The first-order chi connectivity index (χ1) is 10.1. The monoisotopic (exact) mass is 307 g/mol. The molecule has 1 saturated heterocycles. The summed E-state index contributed by atoms with van der Waals surface area (Å²) in [5.74, 6) is 0.505. The van der Waals surface area contributed by atoms with Gasteiger partial charge in [0.15, 0.2) is 0 Å². The summed E-state index contributed by atoms with van der Waals surface area (Å²) >= 11 is 6.21. The summed E-state index contributed by atoms with van der Waals surface area (Å²) in [6, 6.07) is 7.46. The van der Waals surface area contributed by atoms with Crippen LogP contribution < -0.4 is 0 Å². The van der Waals surface area contributed by atoms with Gasteiger partial charge in [-0.3, -0.25) is 4.79 Å². The minimum Gasteiger partial charge on any atom is -0.385 e. The highest BCUT2D eigenvalue weighted by molar-refractivity contribution is 6.31. The van der Waals surface area contributed by atoms with Gasteiger partial charge in [0.2, 0.25) is 5.91 Å². The first kappa shape index (κ1) is 14.9. The molecule has 114 valence electrons. The van der Waals surface area contributed by atoms with Gasteiger partial charge in [0.05, 0.1) is 5.60 Å². The number of piperidine rings is 1. The van der Waals surface area contributed by atoms with Crippen molar-refractivity contribution < 1.29 is 9.90 Å². The third-order valence-electron chi connectivity index (χ3n) is 4.98. The van der Waals surface area contributed by atoms with E-state index in [4.69, 9.17) is 11.6 Å². The number of benzene rings is 1. The summed E-state index contributed by atoms with van der Waals surface area (Å²) in [6.45, 7) is 1.24. The molecule has 2 fully saturated rings. The smallest absolute Gasteiger partial charge is 0.225 e. The number of halogens is 1. The van der Waals surface area contributed by atoms with Crippen molar-refractivity contribution in [3.05, 3.63) is 34.9 Å². The van der Waals surface area contributed by atoms with Gasteiger partial charge in [-0.1, -0.05) is 42.6 Å². The number of amides is 1. The van der Waals surface area contributed by atoms with Crippen LogP contribution in [-0.2, 0) is 10.4 Å². The highest BCUT2D eigenvalue weighted by Crippen LogP contribution is 2.37. The number of carbonyl (C=O) groups is 1. The first-order valence-corrected chi connectivity index (χ1v) is 8.24. The van der Waals surface area contributed by atoms with Crippen molar-refractivity contribution in [3.8, 4) is 0 Å². The molecule has 0 spiro atoms. The molecule has 0 atom stereocenters. The minimum absolute atomic E-state index is 0.219. The lowest BCUT2D eigenvalue weighted by atomic mass is 9.84. The molecule has 21 heavy (non-hydrogen) atoms. The van der Waals surface area contributed by atoms with E-state index in [2.05, 4.69) is 0 Å². The van der Waals surface area contributed by atoms with Gasteiger partial charge in [-0.2, -0.15) is 0 Å². The number of hydrogen-bond donors (Lipinski definition) is 1. The maximum atomic E-state index is 12.4. The molecule has 1 aromatic rings. The molecule has 1 heterocycles. The van der Waals surface area contributed by atoms with Crippen LogP contribution in [0.15, 0.2) is 24.3 Å². The highest BCUT2D eigenvalue weighted by Gasteiger charge is 2.38. The van der Waals surface area contributed by atoms with Crippen LogP contribution in [0.2, 0.25) is 5.02 Å². The van der Waals surface area contributed by atoms with Crippen molar-refractivity contribution in [1.29, 1.82) is 0 Å². The van der Waals surface area contributed by atoms with Crippen LogP contribution in [0, 0.1) is 5.92 Å². The summed E-state index contributed by atoms with van der Waals surface area (Å²) in [5.41, 5.74) is -0.107. The van der Waals surface area contributed by atoms with E-state index < -0.39 is 5.60 Å². The number of hydrogen-bond acceptors (Lipinski definition) is 2. The molecule has 2 aliphatic rings. The molecule has 0 bridgehead atoms. The van der Waals surface area contributed by atoms with E-state index in [-0.39, 0.29) is 11.8 Å². The second kappa shape index (κ2) is 5.98. The zero-order valence-corrected chi connectivity index (χ0v) is 13.0. The van der Waals surface area contributed by atoms with E-state index >= 15 is 0 Å². The predicted octanol–water partition coefficient (Wildman–Crippen LogP) is 3.34. The SMILES string of the molecule is O=C(C1CCCC1)N1CCC(O)(c2ccccc2Cl)CC1. The third-order valence-corrected chi connectivity index (χ3v) is 5.31. The van der Waals surface area contributed by atoms with E-state index in [0.717, 1.165) is 18.4 Å². The lowest BCUT2D eigenvalue weighted by molar-refractivity contribution is -0.139. The Morgan fingerprint density at radius 3 is 2.43 bits per heavy atom. The molecular weight excluding hydrogens is 286 g/mol. The Morgan fingerprint density at radius 1 is 1.19 bits per heavy atom. The molecule has 3 nitrogen and oxygen atoms in total. The van der Waals surface area contributed by atoms with Crippen LogP contribution in [0.1, 0.15) is 44.1 Å². The van der Waals surface area contributed by atoms with Crippen molar-refractivity contribution in [1.82, 2.24) is 4.90 Å². The number of carbonyl (C=O) groups excluding carboxylic acids is 1. The van der Waals surface area contributed by atoms with E-state index in [0.29, 0.717) is 31.0 Å². The number of likely N-dealkylation sites (tertiary alicyclic amines) is 1. The molecule has 0 aromatic heterocycles. The van der Waals surface area contributed by atoms with Gasteiger partial charge in [-0.25, -0.2) is 0 Å². The Hall–Kier alpha value is -1.06. The molecule has 0 unspecified atom stereocenters. The molecular formula is C17H22ClNO2. The summed E-state index contributed by atoms with van der Waals surface area (Å²) in [6.07, 6.45) is 5.54. The van der Waals surface area contributed by atoms with Gasteiger partial charge in [0.1, 0.15) is 0 Å². The fraction of sp³-hybridized carbons (Fsp3) is 0.588. The van der Waals surface area contributed by atoms with Crippen molar-refractivity contribution >= 4 is 17.5 Å². The van der Waals surface area contributed by atoms with Gasteiger partial charge < -0.3 is 10.0 Å². The lowest BCUT2D eigenvalue weighted by Crippen LogP contribution is -2.46. The topological polar surface area (TPSA) is 40.5 Å². The standard InChI is InChI=1S/C17H22ClNO2/c18-15-8-4-3-7-14(15)17(21)9-11-19(12-10-17)16(20)13-5-1-2-6-13/h3-4,7-8,13,21H,1-2,5-6,9-12H2. The number of nitrogens with zero attached hydrogens (tertiary/aromatic N) is 1. The molecule has 1 amide bonds. The van der Waals surface area contributed by atoms with Gasteiger partial charge in [0, 0.05) is 29.6 Å². The summed E-state index contributed by atoms with van der Waals surface area (Å²) in [4.78, 5) is 14.4. The van der Waals surface area contributed by atoms with E-state index in [1.54, 1.807) is 0 Å². The zero-order chi connectivity index (χ0) is 14.9. The number of rotatable bonds is 2. The quantitative estimate of drug-likeness (QED) is 0.910. The summed E-state index contributed by atoms with van der Waals surface area (Å²) < 4.78 is 0. The fourth-order valence-electron chi connectivity index (χ4n) is 3.64. The van der Waals surface area contributed by atoms with Crippen molar-refractivity contribution in [2.24, 2.45) is 5.92 Å². The molecule has 1 aliphatic carbocycles. The largest absolute Gasteiger partial charge is 0.385 e. The Bertz CT molecular complexity index is 517. The summed E-state index contributed by atoms with van der Waals surface area (Å²) in [7, 11) is 0. The fourth-order valence-corrected chi connectivity index (χ4v) is 3.95. The van der Waals surface area contributed by atoms with Crippen LogP contribution in [0.3, 0.4) is 0 Å². The first-order valence-electron chi connectivity index (χ1n) is 7.86. The maximum absolute atomic E-state index is 12.4. The van der Waals surface area contributed by atoms with Crippen LogP contribution in [0.4, 0.5) is 0 Å². The molecule has 4 heteroatoms. The molecule has 1 aliphatic heterocycles. The lowest BCUT2D eigenvalue weighted by Gasteiger charge is -2.39. The van der Waals surface area contributed by atoms with Gasteiger partial charge in [0.25, 0.3) is 0 Å². The highest BCUT2D eigenvalue weighted by atomic mass is 35.5. The third kappa shape index (κ3) is 2.95. The van der Waals surface area contributed by atoms with Crippen LogP contribution in [0.25, 0.3) is 0 Å². The van der Waals surface area contributed by atoms with Crippen LogP contribution in [0.5, 0.6) is 0 Å². The normalized spacial score (nSPS) is 22.5. The molecule has 1 N–H and O–H groups in total. The average Bonchev–Trinajstić information content (AvgIpc) is 3.02. The maximum Gasteiger partial charge on any atom is 0.225 e. The van der Waals surface area contributed by atoms with Crippen molar-refractivity contribution in [3.63, 3.8) is 0 Å².